The van der Waals surface area contributed by atoms with E-state index in [1.807, 2.05) is 37.3 Å². The van der Waals surface area contributed by atoms with Crippen molar-refractivity contribution in [3.05, 3.63) is 53.2 Å². The number of amides is 1. The van der Waals surface area contributed by atoms with Gasteiger partial charge in [0.1, 0.15) is 5.76 Å². The predicted octanol–water partition coefficient (Wildman–Crippen LogP) is 6.88. The minimum absolute atomic E-state index is 0.0314. The second-order valence-corrected chi connectivity index (χ2v) is 10.9. The molecule has 1 amide bonds. The summed E-state index contributed by atoms with van der Waals surface area (Å²) in [5, 5.41) is 3.68. The lowest BCUT2D eigenvalue weighted by molar-refractivity contribution is -0.135. The molecule has 6 heteroatoms. The van der Waals surface area contributed by atoms with Crippen LogP contribution in [0.5, 0.6) is 0 Å². The molecule has 0 unspecified atom stereocenters. The zero-order chi connectivity index (χ0) is 25.0. The summed E-state index contributed by atoms with van der Waals surface area (Å²) in [6.45, 7) is 3.09. The van der Waals surface area contributed by atoms with Crippen LogP contribution in [0.1, 0.15) is 119 Å². The van der Waals surface area contributed by atoms with Crippen molar-refractivity contribution in [1.82, 2.24) is 15.8 Å². The SMILES string of the molecule is Cc1oc([C@H](CCCC2CCCCC2)CC(=O)NOCc2ccccc2)nc1CNC1CCCCC1. The summed E-state index contributed by atoms with van der Waals surface area (Å²) in [5.74, 6) is 2.26. The van der Waals surface area contributed by atoms with Crippen LogP contribution in [0.2, 0.25) is 0 Å². The van der Waals surface area contributed by atoms with Crippen LogP contribution in [0, 0.1) is 12.8 Å². The van der Waals surface area contributed by atoms with E-state index < -0.39 is 0 Å². The van der Waals surface area contributed by atoms with Gasteiger partial charge in [-0.2, -0.15) is 0 Å². The van der Waals surface area contributed by atoms with E-state index in [4.69, 9.17) is 14.2 Å². The van der Waals surface area contributed by atoms with E-state index in [0.717, 1.165) is 42.3 Å². The maximum Gasteiger partial charge on any atom is 0.244 e. The van der Waals surface area contributed by atoms with E-state index in [0.29, 0.717) is 25.0 Å². The van der Waals surface area contributed by atoms with Crippen LogP contribution >= 0.6 is 0 Å². The van der Waals surface area contributed by atoms with Crippen LogP contribution in [0.4, 0.5) is 0 Å². The molecule has 0 radical (unpaired) electrons. The van der Waals surface area contributed by atoms with Gasteiger partial charge < -0.3 is 9.73 Å². The van der Waals surface area contributed by atoms with E-state index in [-0.39, 0.29) is 11.8 Å². The zero-order valence-electron chi connectivity index (χ0n) is 22.1. The molecule has 4 rings (SSSR count). The first-order valence-electron chi connectivity index (χ1n) is 14.3. The highest BCUT2D eigenvalue weighted by atomic mass is 16.6. The molecule has 2 aliphatic carbocycles. The molecule has 0 aliphatic heterocycles. The minimum Gasteiger partial charge on any atom is -0.445 e. The van der Waals surface area contributed by atoms with Crippen molar-refractivity contribution < 1.29 is 14.0 Å². The maximum atomic E-state index is 12.8. The molecule has 2 aliphatic rings. The largest absolute Gasteiger partial charge is 0.445 e. The summed E-state index contributed by atoms with van der Waals surface area (Å²) in [6, 6.07) is 10.5. The summed E-state index contributed by atoms with van der Waals surface area (Å²) in [6.07, 6.45) is 16.9. The summed E-state index contributed by atoms with van der Waals surface area (Å²) >= 11 is 0. The molecule has 0 saturated heterocycles. The van der Waals surface area contributed by atoms with Gasteiger partial charge in [-0.25, -0.2) is 10.5 Å². The monoisotopic (exact) mass is 495 g/mol. The van der Waals surface area contributed by atoms with Crippen LogP contribution in [0.15, 0.2) is 34.7 Å². The van der Waals surface area contributed by atoms with Crippen molar-refractivity contribution in [3.8, 4) is 0 Å². The second-order valence-electron chi connectivity index (χ2n) is 10.9. The fourth-order valence-corrected chi connectivity index (χ4v) is 5.82. The molecule has 2 fully saturated rings. The molecule has 1 atom stereocenters. The average molecular weight is 496 g/mol. The van der Waals surface area contributed by atoms with Crippen LogP contribution in [-0.4, -0.2) is 16.9 Å². The Morgan fingerprint density at radius 3 is 2.53 bits per heavy atom. The van der Waals surface area contributed by atoms with Gasteiger partial charge in [-0.15, -0.1) is 0 Å². The fourth-order valence-electron chi connectivity index (χ4n) is 5.82. The van der Waals surface area contributed by atoms with Gasteiger partial charge in [-0.05, 0) is 37.7 Å². The van der Waals surface area contributed by atoms with Crippen LogP contribution in [0.25, 0.3) is 0 Å². The number of carbonyl (C=O) groups excluding carboxylic acids is 1. The van der Waals surface area contributed by atoms with Gasteiger partial charge in [-0.1, -0.05) is 94.5 Å². The van der Waals surface area contributed by atoms with E-state index >= 15 is 0 Å². The van der Waals surface area contributed by atoms with E-state index in [1.54, 1.807) is 0 Å². The Morgan fingerprint density at radius 1 is 1.06 bits per heavy atom. The minimum atomic E-state index is -0.119. The Labute approximate surface area is 216 Å². The van der Waals surface area contributed by atoms with Crippen molar-refractivity contribution in [2.24, 2.45) is 5.92 Å². The quantitative estimate of drug-likeness (QED) is 0.296. The van der Waals surface area contributed by atoms with Gasteiger partial charge in [0.2, 0.25) is 5.91 Å². The highest BCUT2D eigenvalue weighted by Crippen LogP contribution is 2.32. The third-order valence-electron chi connectivity index (χ3n) is 8.01. The van der Waals surface area contributed by atoms with E-state index in [1.165, 1.54) is 70.6 Å². The number of carbonyl (C=O) groups is 1. The summed E-state index contributed by atoms with van der Waals surface area (Å²) < 4.78 is 6.16. The smallest absolute Gasteiger partial charge is 0.244 e. The van der Waals surface area contributed by atoms with Crippen LogP contribution < -0.4 is 10.8 Å². The van der Waals surface area contributed by atoms with Gasteiger partial charge in [0, 0.05) is 24.9 Å². The lowest BCUT2D eigenvalue weighted by atomic mass is 9.84. The molecule has 0 spiro atoms. The number of hydrogen-bond donors (Lipinski definition) is 2. The third kappa shape index (κ3) is 8.74. The molecular formula is C30H45N3O3. The molecule has 1 aromatic heterocycles. The number of oxazole rings is 1. The first-order chi connectivity index (χ1) is 17.7. The topological polar surface area (TPSA) is 76.4 Å². The Balaban J connectivity index is 1.32. The predicted molar refractivity (Wildman–Crippen MR) is 142 cm³/mol. The molecule has 6 nitrogen and oxygen atoms in total. The number of aromatic nitrogens is 1. The van der Waals surface area contributed by atoms with Crippen molar-refractivity contribution >= 4 is 5.91 Å². The fraction of sp³-hybridized carbons (Fsp3) is 0.667. The Hall–Kier alpha value is -2.18. The highest BCUT2D eigenvalue weighted by Gasteiger charge is 2.24. The number of hydroxylamine groups is 1. The van der Waals surface area contributed by atoms with Gasteiger partial charge in [0.15, 0.2) is 5.89 Å². The van der Waals surface area contributed by atoms with E-state index in [9.17, 15) is 4.79 Å². The molecule has 1 aromatic carbocycles. The maximum absolute atomic E-state index is 12.8. The lowest BCUT2D eigenvalue weighted by Crippen LogP contribution is -2.30. The molecule has 1 heterocycles. The Bertz CT molecular complexity index is 901. The number of rotatable bonds is 13. The van der Waals surface area contributed by atoms with Gasteiger partial charge in [0.25, 0.3) is 0 Å². The van der Waals surface area contributed by atoms with Crippen LogP contribution in [-0.2, 0) is 22.8 Å². The summed E-state index contributed by atoms with van der Waals surface area (Å²) in [5.41, 5.74) is 4.65. The Kier molecular flexibility index (Phi) is 10.8. The molecule has 2 aromatic rings. The molecule has 0 bridgehead atoms. The summed E-state index contributed by atoms with van der Waals surface area (Å²) in [7, 11) is 0. The number of nitrogens with one attached hydrogen (secondary N) is 2. The number of aryl methyl sites for hydroxylation is 1. The highest BCUT2D eigenvalue weighted by molar-refractivity contribution is 5.75. The van der Waals surface area contributed by atoms with Crippen molar-refractivity contribution in [3.63, 3.8) is 0 Å². The first kappa shape index (κ1) is 26.9. The normalized spacial score (nSPS) is 18.2. The van der Waals surface area contributed by atoms with Gasteiger partial charge >= 0.3 is 0 Å². The summed E-state index contributed by atoms with van der Waals surface area (Å²) in [4.78, 5) is 23.2. The molecular weight excluding hydrogens is 450 g/mol. The number of hydrogen-bond acceptors (Lipinski definition) is 5. The average Bonchev–Trinajstić information content (AvgIpc) is 3.29. The van der Waals surface area contributed by atoms with E-state index in [2.05, 4.69) is 10.8 Å². The van der Waals surface area contributed by atoms with Gasteiger partial charge in [-0.3, -0.25) is 9.63 Å². The first-order valence-corrected chi connectivity index (χ1v) is 14.3. The molecule has 2 saturated carbocycles. The zero-order valence-corrected chi connectivity index (χ0v) is 22.1. The third-order valence-corrected chi connectivity index (χ3v) is 8.01. The van der Waals surface area contributed by atoms with Gasteiger partial charge in [0.05, 0.1) is 12.3 Å². The molecule has 2 N–H and O–H groups in total. The second kappa shape index (κ2) is 14.5. The van der Waals surface area contributed by atoms with Crippen molar-refractivity contribution in [2.75, 3.05) is 0 Å². The molecule has 198 valence electrons. The van der Waals surface area contributed by atoms with Crippen molar-refractivity contribution in [1.29, 1.82) is 0 Å². The molecule has 36 heavy (non-hydrogen) atoms. The Morgan fingerprint density at radius 2 is 1.78 bits per heavy atom. The van der Waals surface area contributed by atoms with Crippen molar-refractivity contribution in [2.45, 2.75) is 122 Å². The van der Waals surface area contributed by atoms with Crippen LogP contribution in [0.3, 0.4) is 0 Å². The standard InChI is InChI=1S/C30H45N3O3/c1-23-28(21-31-27-18-9-4-10-19-27)32-30(36-23)26(17-11-16-24-12-5-2-6-13-24)20-29(34)33-35-22-25-14-7-3-8-15-25/h3,7-8,14-15,24,26-27,31H,2,4-6,9-13,16-22H2,1H3,(H,33,34)/t26-/m1/s1. The number of nitrogens with zero attached hydrogens (tertiary/aromatic N) is 1. The number of benzene rings is 1. The lowest BCUT2D eigenvalue weighted by Gasteiger charge is -2.22.